The van der Waals surface area contributed by atoms with Crippen molar-refractivity contribution in [2.45, 2.75) is 33.6 Å². The molecule has 0 spiro atoms. The summed E-state index contributed by atoms with van der Waals surface area (Å²) in [6.07, 6.45) is 2.21. The fraction of sp³-hybridized carbons (Fsp3) is 0.409. The van der Waals surface area contributed by atoms with Gasteiger partial charge in [0.1, 0.15) is 22.2 Å². The minimum Gasteiger partial charge on any atom is -0.495 e. The number of benzene rings is 1. The van der Waals surface area contributed by atoms with E-state index >= 15 is 0 Å². The second kappa shape index (κ2) is 8.70. The molecule has 1 aliphatic rings. The van der Waals surface area contributed by atoms with E-state index in [4.69, 9.17) is 9.72 Å². The molecule has 1 amide bonds. The minimum atomic E-state index is -0.510. The van der Waals surface area contributed by atoms with Crippen LogP contribution in [0.4, 0.5) is 17.2 Å². The van der Waals surface area contributed by atoms with E-state index in [1.807, 2.05) is 13.8 Å². The summed E-state index contributed by atoms with van der Waals surface area (Å²) < 4.78 is 5.27. The summed E-state index contributed by atoms with van der Waals surface area (Å²) in [5, 5.41) is 14.8. The van der Waals surface area contributed by atoms with Crippen molar-refractivity contribution in [1.29, 1.82) is 0 Å². The van der Waals surface area contributed by atoms with Crippen LogP contribution in [-0.2, 0) is 0 Å². The molecule has 1 aliphatic heterocycles. The van der Waals surface area contributed by atoms with Crippen molar-refractivity contribution >= 4 is 44.7 Å². The molecule has 0 unspecified atom stereocenters. The number of non-ortho nitro benzene ring substituents is 1. The molecule has 4 rings (SSSR count). The number of nitro groups is 1. The van der Waals surface area contributed by atoms with Crippen LogP contribution in [0.5, 0.6) is 5.75 Å². The fourth-order valence-electron chi connectivity index (χ4n) is 3.97. The highest BCUT2D eigenvalue weighted by molar-refractivity contribution is 7.20. The van der Waals surface area contributed by atoms with Crippen LogP contribution in [0.1, 0.15) is 40.8 Å². The number of piperidine rings is 1. The maximum atomic E-state index is 13.2. The van der Waals surface area contributed by atoms with Crippen LogP contribution in [0.3, 0.4) is 0 Å². The number of hydrogen-bond donors (Lipinski definition) is 1. The minimum absolute atomic E-state index is 0.128. The molecule has 10 heteroatoms. The Morgan fingerprint density at radius 1 is 1.28 bits per heavy atom. The molecule has 0 saturated carbocycles. The van der Waals surface area contributed by atoms with Gasteiger partial charge in [0.2, 0.25) is 0 Å². The lowest BCUT2D eigenvalue weighted by Crippen LogP contribution is -2.33. The number of methoxy groups -OCH3 is 1. The Morgan fingerprint density at radius 2 is 2.00 bits per heavy atom. The molecular weight excluding hydrogens is 430 g/mol. The third-order valence-electron chi connectivity index (χ3n) is 5.81. The summed E-state index contributed by atoms with van der Waals surface area (Å²) in [7, 11) is 1.45. The van der Waals surface area contributed by atoms with Gasteiger partial charge in [0, 0.05) is 25.2 Å². The molecule has 3 heterocycles. The quantitative estimate of drug-likeness (QED) is 0.438. The van der Waals surface area contributed by atoms with Crippen molar-refractivity contribution in [1.82, 2.24) is 9.97 Å². The summed E-state index contributed by atoms with van der Waals surface area (Å²) in [4.78, 5) is 36.7. The summed E-state index contributed by atoms with van der Waals surface area (Å²) in [5.41, 5.74) is 0.925. The van der Waals surface area contributed by atoms with Crippen LogP contribution in [0, 0.1) is 29.9 Å². The largest absolute Gasteiger partial charge is 0.495 e. The monoisotopic (exact) mass is 455 g/mol. The number of ether oxygens (including phenoxy) is 1. The lowest BCUT2D eigenvalue weighted by molar-refractivity contribution is -0.384. The SMILES string of the molecule is COc1ccc([N+](=O)[O-])cc1NC(=O)c1sc2nc(C)nc(N3CCC(C)CC3)c2c1C. The van der Waals surface area contributed by atoms with Gasteiger partial charge in [-0.15, -0.1) is 11.3 Å². The summed E-state index contributed by atoms with van der Waals surface area (Å²) in [5.74, 6) is 2.22. The third kappa shape index (κ3) is 4.10. The average Bonchev–Trinajstić information content (AvgIpc) is 3.09. The highest BCUT2D eigenvalue weighted by Crippen LogP contribution is 2.38. The molecular formula is C22H25N5O4S. The lowest BCUT2D eigenvalue weighted by Gasteiger charge is -2.31. The number of aryl methyl sites for hydroxylation is 2. The molecule has 0 radical (unpaired) electrons. The molecule has 1 fully saturated rings. The van der Waals surface area contributed by atoms with E-state index in [-0.39, 0.29) is 17.3 Å². The first-order chi connectivity index (χ1) is 15.3. The molecule has 1 saturated heterocycles. The first-order valence-corrected chi connectivity index (χ1v) is 11.3. The number of nitrogens with zero attached hydrogens (tertiary/aromatic N) is 4. The first-order valence-electron chi connectivity index (χ1n) is 10.4. The van der Waals surface area contributed by atoms with E-state index < -0.39 is 4.92 Å². The second-order valence-corrected chi connectivity index (χ2v) is 9.10. The molecule has 1 aromatic carbocycles. The number of carbonyl (C=O) groups is 1. The summed E-state index contributed by atoms with van der Waals surface area (Å²) >= 11 is 1.30. The molecule has 0 bridgehead atoms. The first kappa shape index (κ1) is 21.9. The topological polar surface area (TPSA) is 110 Å². The van der Waals surface area contributed by atoms with Gasteiger partial charge >= 0.3 is 0 Å². The van der Waals surface area contributed by atoms with Gasteiger partial charge < -0.3 is 15.0 Å². The van der Waals surface area contributed by atoms with Crippen LogP contribution in [0.25, 0.3) is 10.2 Å². The smallest absolute Gasteiger partial charge is 0.271 e. The zero-order chi connectivity index (χ0) is 23.0. The zero-order valence-electron chi connectivity index (χ0n) is 18.5. The van der Waals surface area contributed by atoms with Crippen molar-refractivity contribution in [2.75, 3.05) is 30.4 Å². The van der Waals surface area contributed by atoms with Crippen molar-refractivity contribution < 1.29 is 14.5 Å². The number of thiophene rings is 1. The van der Waals surface area contributed by atoms with Crippen LogP contribution >= 0.6 is 11.3 Å². The number of fused-ring (bicyclic) bond motifs is 1. The number of nitrogens with one attached hydrogen (secondary N) is 1. The Labute approximate surface area is 189 Å². The van der Waals surface area contributed by atoms with Crippen molar-refractivity contribution in [3.8, 4) is 5.75 Å². The van der Waals surface area contributed by atoms with Crippen LogP contribution in [0.15, 0.2) is 18.2 Å². The highest BCUT2D eigenvalue weighted by atomic mass is 32.1. The number of amides is 1. The van der Waals surface area contributed by atoms with Crippen molar-refractivity contribution in [3.05, 3.63) is 44.6 Å². The van der Waals surface area contributed by atoms with Crippen LogP contribution in [0.2, 0.25) is 0 Å². The van der Waals surface area contributed by atoms with Gasteiger partial charge in [0.05, 0.1) is 28.0 Å². The molecule has 32 heavy (non-hydrogen) atoms. The van der Waals surface area contributed by atoms with E-state index in [0.29, 0.717) is 22.4 Å². The van der Waals surface area contributed by atoms with Gasteiger partial charge in [-0.1, -0.05) is 6.92 Å². The summed E-state index contributed by atoms with van der Waals surface area (Å²) in [6.45, 7) is 7.87. The number of carbonyl (C=O) groups excluding carboxylic acids is 1. The Kier molecular flexibility index (Phi) is 5.96. The third-order valence-corrected chi connectivity index (χ3v) is 7.00. The molecule has 2 aromatic heterocycles. The standard InChI is InChI=1S/C22H25N5O4S/c1-12-7-9-26(10-8-12)20-18-13(2)19(32-22(18)24-14(3)23-20)21(28)25-16-11-15(27(29)30)5-6-17(16)31-4/h5-6,11-12H,7-10H2,1-4H3,(H,25,28). The average molecular weight is 456 g/mol. The molecule has 0 aliphatic carbocycles. The summed E-state index contributed by atoms with van der Waals surface area (Å²) in [6, 6.07) is 4.10. The van der Waals surface area contributed by atoms with Gasteiger partial charge in [-0.05, 0) is 44.2 Å². The molecule has 0 atom stereocenters. The zero-order valence-corrected chi connectivity index (χ0v) is 19.3. The maximum Gasteiger partial charge on any atom is 0.271 e. The van der Waals surface area contributed by atoms with Crippen molar-refractivity contribution in [3.63, 3.8) is 0 Å². The van der Waals surface area contributed by atoms with Gasteiger partial charge in [-0.25, -0.2) is 9.97 Å². The lowest BCUT2D eigenvalue weighted by atomic mass is 9.99. The van der Waals surface area contributed by atoms with Gasteiger partial charge in [-0.2, -0.15) is 0 Å². The molecule has 1 N–H and O–H groups in total. The predicted octanol–water partition coefficient (Wildman–Crippen LogP) is 4.71. The van der Waals surface area contributed by atoms with E-state index in [2.05, 4.69) is 22.1 Å². The van der Waals surface area contributed by atoms with Gasteiger partial charge in [0.15, 0.2) is 0 Å². The van der Waals surface area contributed by atoms with Crippen LogP contribution in [-0.4, -0.2) is 41.0 Å². The second-order valence-electron chi connectivity index (χ2n) is 8.10. The van der Waals surface area contributed by atoms with Crippen LogP contribution < -0.4 is 15.0 Å². The predicted molar refractivity (Wildman–Crippen MR) is 125 cm³/mol. The number of rotatable bonds is 5. The van der Waals surface area contributed by atoms with Gasteiger partial charge in [-0.3, -0.25) is 14.9 Å². The normalized spacial score (nSPS) is 14.6. The Balaban J connectivity index is 1.72. The maximum absolute atomic E-state index is 13.2. The number of nitro benzene ring substituents is 1. The number of hydrogen-bond acceptors (Lipinski definition) is 8. The van der Waals surface area contributed by atoms with Gasteiger partial charge in [0.25, 0.3) is 11.6 Å². The van der Waals surface area contributed by atoms with E-state index in [9.17, 15) is 14.9 Å². The number of aromatic nitrogens is 2. The Bertz CT molecular complexity index is 1200. The Hall–Kier alpha value is -3.27. The fourth-order valence-corrected chi connectivity index (χ4v) is 5.09. The molecule has 168 valence electrons. The highest BCUT2D eigenvalue weighted by Gasteiger charge is 2.25. The Morgan fingerprint density at radius 3 is 2.66 bits per heavy atom. The number of anilines is 2. The van der Waals surface area contributed by atoms with E-state index in [1.54, 1.807) is 0 Å². The molecule has 3 aromatic rings. The van der Waals surface area contributed by atoms with E-state index in [1.165, 1.54) is 36.6 Å². The van der Waals surface area contributed by atoms with E-state index in [0.717, 1.165) is 47.5 Å². The molecule has 9 nitrogen and oxygen atoms in total. The van der Waals surface area contributed by atoms with Crippen molar-refractivity contribution in [2.24, 2.45) is 5.92 Å².